The summed E-state index contributed by atoms with van der Waals surface area (Å²) in [7, 11) is 0. The Bertz CT molecular complexity index is 2210. The van der Waals surface area contributed by atoms with Crippen LogP contribution < -0.4 is 24.8 Å². The molecule has 2 aliphatic rings. The zero-order valence-corrected chi connectivity index (χ0v) is 35.8. The molecule has 5 aromatic rings. The van der Waals surface area contributed by atoms with Gasteiger partial charge in [0, 0.05) is 5.92 Å². The first-order chi connectivity index (χ1) is 24.8. The molecule has 0 aromatic heterocycles. The average Bonchev–Trinajstić information content (AvgIpc) is 3.66. The van der Waals surface area contributed by atoms with Crippen LogP contribution in [0, 0.1) is 6.08 Å². The number of allylic oxidation sites excluding steroid dienone is 2. The third-order valence-corrected chi connectivity index (χ3v) is 10.5. The van der Waals surface area contributed by atoms with Gasteiger partial charge in [-0.2, -0.15) is 26.3 Å². The van der Waals surface area contributed by atoms with Crippen LogP contribution in [0.3, 0.4) is 0 Å². The number of alkyl halides is 6. The predicted molar refractivity (Wildman–Crippen MR) is 202 cm³/mol. The summed E-state index contributed by atoms with van der Waals surface area (Å²) in [5, 5.41) is 0. The zero-order valence-electron chi connectivity index (χ0n) is 31.9. The van der Waals surface area contributed by atoms with E-state index in [0.29, 0.717) is 12.0 Å². The molecule has 0 spiro atoms. The van der Waals surface area contributed by atoms with Crippen LogP contribution in [0.2, 0.25) is 0 Å². The normalized spacial score (nSPS) is 16.4. The van der Waals surface area contributed by atoms with Gasteiger partial charge >= 0.3 is 38.6 Å². The van der Waals surface area contributed by atoms with E-state index in [-0.39, 0.29) is 79.4 Å². The van der Waals surface area contributed by atoms with Crippen LogP contribution in [0.4, 0.5) is 26.3 Å². The fourth-order valence-electron chi connectivity index (χ4n) is 7.66. The maximum absolute atomic E-state index is 14.1. The monoisotopic (exact) mass is 879 g/mol. The summed E-state index contributed by atoms with van der Waals surface area (Å²) in [6.07, 6.45) is -3.67. The van der Waals surface area contributed by atoms with Crippen molar-refractivity contribution < 1.29 is 77.4 Å². The van der Waals surface area contributed by atoms with Gasteiger partial charge in [-0.3, -0.25) is 0 Å². The van der Waals surface area contributed by atoms with Gasteiger partial charge in [-0.05, 0) is 69.2 Å². The SMILES string of the molecule is CC(C)(C)c1cc(C2=[C-]c3c(cccc3C3C(c4cc(C(F)(F)F)cc(C(F)(F)F)c4)=Cc4ccccc43)C2Cc2ccccc2)cc(C(C)(C)C)c1.[Cl-].[Cl-].[Zr+3]. The number of hydrogen-bond acceptors (Lipinski definition) is 0. The quantitative estimate of drug-likeness (QED) is 0.126. The second kappa shape index (κ2) is 16.5. The van der Waals surface area contributed by atoms with E-state index in [1.807, 2.05) is 54.6 Å². The molecule has 0 fully saturated rings. The van der Waals surface area contributed by atoms with Gasteiger partial charge in [0.2, 0.25) is 0 Å². The van der Waals surface area contributed by atoms with Gasteiger partial charge in [-0.25, -0.2) is 0 Å². The Labute approximate surface area is 357 Å². The van der Waals surface area contributed by atoms with Crippen molar-refractivity contribution in [2.45, 2.75) is 83.0 Å². The van der Waals surface area contributed by atoms with Crippen LogP contribution in [0.1, 0.15) is 120 Å². The van der Waals surface area contributed by atoms with Gasteiger partial charge in [0.05, 0.1) is 11.1 Å². The maximum atomic E-state index is 14.1. The molecule has 5 aromatic carbocycles. The maximum Gasteiger partial charge on any atom is 3.00 e. The molecule has 0 saturated carbocycles. The van der Waals surface area contributed by atoms with E-state index in [0.717, 1.165) is 56.6 Å². The van der Waals surface area contributed by atoms with Crippen LogP contribution in [-0.4, -0.2) is 0 Å². The van der Waals surface area contributed by atoms with E-state index in [9.17, 15) is 26.3 Å². The van der Waals surface area contributed by atoms with Crippen molar-refractivity contribution in [2.24, 2.45) is 0 Å². The van der Waals surface area contributed by atoms with Crippen molar-refractivity contribution in [3.05, 3.63) is 182 Å². The molecule has 56 heavy (non-hydrogen) atoms. The fraction of sp³-hybridized carbons (Fsp3) is 0.277. The molecule has 289 valence electrons. The molecule has 0 N–H and O–H groups in total. The topological polar surface area (TPSA) is 0 Å². The van der Waals surface area contributed by atoms with E-state index in [1.165, 1.54) is 11.1 Å². The summed E-state index contributed by atoms with van der Waals surface area (Å²) >= 11 is 0. The van der Waals surface area contributed by atoms with E-state index >= 15 is 0 Å². The first-order valence-electron chi connectivity index (χ1n) is 17.9. The Hall–Kier alpha value is -3.38. The molecule has 2 aliphatic carbocycles. The minimum Gasteiger partial charge on any atom is -1.00 e. The first kappa shape index (κ1) is 45.3. The van der Waals surface area contributed by atoms with E-state index in [2.05, 4.69) is 84.0 Å². The smallest absolute Gasteiger partial charge is 1.00 e. The Balaban J connectivity index is 0.00000232. The molecule has 0 bridgehead atoms. The Morgan fingerprint density at radius 1 is 0.536 bits per heavy atom. The van der Waals surface area contributed by atoms with Crippen LogP contribution in [-0.2, 0) is 55.8 Å². The molecular formula is C47H41Cl2F6Zr. The van der Waals surface area contributed by atoms with Crippen molar-refractivity contribution in [3.8, 4) is 0 Å². The molecule has 0 aliphatic heterocycles. The second-order valence-corrected chi connectivity index (χ2v) is 16.3. The number of halogens is 8. The van der Waals surface area contributed by atoms with Crippen molar-refractivity contribution in [1.82, 2.24) is 0 Å². The number of hydrogen-bond donors (Lipinski definition) is 0. The largest absolute Gasteiger partial charge is 3.00 e. The Kier molecular flexibility index (Phi) is 13.3. The van der Waals surface area contributed by atoms with Gasteiger partial charge in [-0.15, -0.1) is 40.5 Å². The molecule has 7 rings (SSSR count). The van der Waals surface area contributed by atoms with Crippen LogP contribution in [0.15, 0.2) is 109 Å². The second-order valence-electron chi connectivity index (χ2n) is 16.3. The fourth-order valence-corrected chi connectivity index (χ4v) is 7.66. The van der Waals surface area contributed by atoms with Gasteiger partial charge < -0.3 is 24.8 Å². The van der Waals surface area contributed by atoms with Crippen molar-refractivity contribution in [2.75, 3.05) is 0 Å². The first-order valence-corrected chi connectivity index (χ1v) is 17.9. The van der Waals surface area contributed by atoms with E-state index in [1.54, 1.807) is 6.08 Å². The summed E-state index contributed by atoms with van der Waals surface area (Å²) in [6.45, 7) is 13.2. The molecule has 0 amide bonds. The van der Waals surface area contributed by atoms with Crippen molar-refractivity contribution in [1.29, 1.82) is 0 Å². The third-order valence-electron chi connectivity index (χ3n) is 10.5. The molecule has 0 nitrogen and oxygen atoms in total. The molecule has 1 radical (unpaired) electrons. The Morgan fingerprint density at radius 2 is 1.02 bits per heavy atom. The number of rotatable bonds is 5. The van der Waals surface area contributed by atoms with Crippen LogP contribution >= 0.6 is 0 Å². The van der Waals surface area contributed by atoms with Gasteiger partial charge in [-0.1, -0.05) is 143 Å². The predicted octanol–water partition coefficient (Wildman–Crippen LogP) is 7.59. The summed E-state index contributed by atoms with van der Waals surface area (Å²) in [5.41, 5.74) is 7.20. The van der Waals surface area contributed by atoms with Crippen molar-refractivity contribution >= 4 is 17.2 Å². The van der Waals surface area contributed by atoms with Crippen LogP contribution in [0.5, 0.6) is 0 Å². The van der Waals surface area contributed by atoms with E-state index in [4.69, 9.17) is 0 Å². The molecular weight excluding hydrogens is 841 g/mol. The number of benzene rings is 5. The minimum atomic E-state index is -4.96. The van der Waals surface area contributed by atoms with E-state index < -0.39 is 29.4 Å². The molecule has 2 atom stereocenters. The van der Waals surface area contributed by atoms with Gasteiger partial charge in [0.25, 0.3) is 0 Å². The Morgan fingerprint density at radius 3 is 1.57 bits per heavy atom. The molecule has 2 unspecified atom stereocenters. The average molecular weight is 882 g/mol. The number of fused-ring (bicyclic) bond motifs is 2. The summed E-state index contributed by atoms with van der Waals surface area (Å²) < 4.78 is 84.7. The van der Waals surface area contributed by atoms with Gasteiger partial charge in [0.1, 0.15) is 0 Å². The zero-order chi connectivity index (χ0) is 38.1. The van der Waals surface area contributed by atoms with Gasteiger partial charge in [0.15, 0.2) is 0 Å². The molecule has 0 heterocycles. The summed E-state index contributed by atoms with van der Waals surface area (Å²) in [4.78, 5) is 0. The molecule has 9 heteroatoms. The third kappa shape index (κ3) is 9.01. The minimum absolute atomic E-state index is 0. The standard InChI is InChI=1S/C47H41F6.2ClH.Zr/c1-44(2,3)32-20-30(21-33(25-32)45(4,5)6)39-27-42-37(41(39)19-28-13-8-7-9-14-28)17-12-18-38(42)43-36-16-11-10-15-29(36)24-40(43)31-22-34(46(48,49)50)26-35(23-31)47(51,52)53;;;/h7-18,20-26,41,43H,19H2,1-6H3;2*1H;/q-1;;;+3/p-2. The molecule has 0 saturated heterocycles. The van der Waals surface area contributed by atoms with Crippen LogP contribution in [0.25, 0.3) is 17.2 Å². The summed E-state index contributed by atoms with van der Waals surface area (Å²) in [5.74, 6) is -0.717. The van der Waals surface area contributed by atoms with Crippen molar-refractivity contribution in [3.63, 3.8) is 0 Å². The summed E-state index contributed by atoms with van der Waals surface area (Å²) in [6, 6.07) is 32.3.